The van der Waals surface area contributed by atoms with E-state index in [2.05, 4.69) is 11.8 Å². The van der Waals surface area contributed by atoms with E-state index in [1.807, 2.05) is 0 Å². The molecule has 0 saturated carbocycles. The van der Waals surface area contributed by atoms with Crippen LogP contribution in [-0.4, -0.2) is 39.4 Å². The van der Waals surface area contributed by atoms with E-state index in [1.54, 1.807) is 6.92 Å². The molecular formula is C14H26N2O8. The van der Waals surface area contributed by atoms with Gasteiger partial charge in [0.2, 0.25) is 0 Å². The van der Waals surface area contributed by atoms with Crippen molar-refractivity contribution in [3.8, 4) is 0 Å². The summed E-state index contributed by atoms with van der Waals surface area (Å²) >= 11 is 0. The summed E-state index contributed by atoms with van der Waals surface area (Å²) in [5, 5.41) is 30.0. The van der Waals surface area contributed by atoms with Crippen LogP contribution in [0.15, 0.2) is 0 Å². The number of unbranched alkanes of at least 4 members (excludes halogenated alkanes) is 3. The summed E-state index contributed by atoms with van der Waals surface area (Å²) in [4.78, 5) is 30.6. The third kappa shape index (κ3) is 6.08. The summed E-state index contributed by atoms with van der Waals surface area (Å²) in [5.41, 5.74) is 0. The molecule has 0 aromatic heterocycles. The fourth-order valence-electron chi connectivity index (χ4n) is 3.01. The van der Waals surface area contributed by atoms with Gasteiger partial charge in [-0.3, -0.25) is 0 Å². The SMILES string of the molecule is CCCCCCC(O[N+](=O)[O-])C1CC(O[N+](=O)[O-])C(O)(CCC)O1. The number of hydrogen-bond acceptors (Lipinski definition) is 8. The van der Waals surface area contributed by atoms with Gasteiger partial charge in [0.15, 0.2) is 11.9 Å². The van der Waals surface area contributed by atoms with Gasteiger partial charge < -0.3 is 19.5 Å². The fourth-order valence-corrected chi connectivity index (χ4v) is 3.01. The maximum atomic E-state index is 10.7. The Kier molecular flexibility index (Phi) is 8.13. The molecule has 10 heteroatoms. The predicted octanol–water partition coefficient (Wildman–Crippen LogP) is 2.39. The summed E-state index contributed by atoms with van der Waals surface area (Å²) in [5.74, 6) is -1.84. The molecule has 4 atom stereocenters. The minimum atomic E-state index is -1.84. The highest BCUT2D eigenvalue weighted by Gasteiger charge is 2.51. The van der Waals surface area contributed by atoms with Crippen LogP contribution < -0.4 is 0 Å². The standard InChI is InChI=1S/C14H26N2O8/c1-3-5-6-7-8-11(23-15(18)19)12-10-13(24-16(20)21)14(17,22-12)9-4-2/h11-13,17H,3-10H2,1-2H3. The Hall–Kier alpha value is -1.68. The third-order valence-corrected chi connectivity index (χ3v) is 4.10. The quantitative estimate of drug-likeness (QED) is 0.322. The van der Waals surface area contributed by atoms with Gasteiger partial charge in [-0.05, 0) is 6.42 Å². The molecule has 0 aromatic rings. The van der Waals surface area contributed by atoms with E-state index in [0.29, 0.717) is 19.3 Å². The first kappa shape index (κ1) is 20.4. The van der Waals surface area contributed by atoms with Crippen molar-refractivity contribution in [1.29, 1.82) is 0 Å². The zero-order valence-corrected chi connectivity index (χ0v) is 14.1. The average molecular weight is 350 g/mol. The maximum absolute atomic E-state index is 10.7. The van der Waals surface area contributed by atoms with Crippen LogP contribution in [0.4, 0.5) is 0 Å². The summed E-state index contributed by atoms with van der Waals surface area (Å²) in [7, 11) is 0. The first-order valence-electron chi connectivity index (χ1n) is 8.34. The number of nitrogens with zero attached hydrogens (tertiary/aromatic N) is 2. The van der Waals surface area contributed by atoms with Crippen LogP contribution in [0.2, 0.25) is 0 Å². The van der Waals surface area contributed by atoms with Crippen molar-refractivity contribution < 1.29 is 29.7 Å². The second-order valence-electron chi connectivity index (χ2n) is 6.02. The van der Waals surface area contributed by atoms with Crippen LogP contribution in [0.1, 0.15) is 65.2 Å². The molecule has 0 spiro atoms. The van der Waals surface area contributed by atoms with Gasteiger partial charge in [-0.25, -0.2) is 0 Å². The van der Waals surface area contributed by atoms with E-state index in [0.717, 1.165) is 19.3 Å². The molecular weight excluding hydrogens is 324 g/mol. The highest BCUT2D eigenvalue weighted by molar-refractivity contribution is 4.91. The third-order valence-electron chi connectivity index (χ3n) is 4.10. The zero-order chi connectivity index (χ0) is 18.2. The summed E-state index contributed by atoms with van der Waals surface area (Å²) in [6.07, 6.45) is 1.70. The Balaban J connectivity index is 2.77. The average Bonchev–Trinajstić information content (AvgIpc) is 2.78. The van der Waals surface area contributed by atoms with Crippen molar-refractivity contribution in [2.24, 2.45) is 0 Å². The van der Waals surface area contributed by atoms with Gasteiger partial charge in [0.05, 0.1) is 6.10 Å². The van der Waals surface area contributed by atoms with Gasteiger partial charge in [0, 0.05) is 12.8 Å². The summed E-state index contributed by atoms with van der Waals surface area (Å²) in [6, 6.07) is 0. The molecule has 4 unspecified atom stereocenters. The van der Waals surface area contributed by atoms with Gasteiger partial charge in [0.25, 0.3) is 10.2 Å². The molecule has 1 N–H and O–H groups in total. The fraction of sp³-hybridized carbons (Fsp3) is 1.00. The van der Waals surface area contributed by atoms with Crippen LogP contribution in [-0.2, 0) is 14.4 Å². The molecule has 0 radical (unpaired) electrons. The van der Waals surface area contributed by atoms with Crippen molar-refractivity contribution in [2.45, 2.75) is 89.3 Å². The first-order valence-corrected chi connectivity index (χ1v) is 8.34. The maximum Gasteiger partial charge on any atom is 0.294 e. The Morgan fingerprint density at radius 3 is 2.46 bits per heavy atom. The molecule has 0 aromatic carbocycles. The van der Waals surface area contributed by atoms with E-state index in [1.165, 1.54) is 0 Å². The minimum absolute atomic E-state index is 0.0379. The molecule has 1 aliphatic heterocycles. The number of aliphatic hydroxyl groups is 1. The van der Waals surface area contributed by atoms with Crippen molar-refractivity contribution in [1.82, 2.24) is 0 Å². The molecule has 0 aliphatic carbocycles. The lowest BCUT2D eigenvalue weighted by molar-refractivity contribution is -0.773. The largest absolute Gasteiger partial charge is 0.364 e. The van der Waals surface area contributed by atoms with Gasteiger partial charge in [-0.1, -0.05) is 46.0 Å². The minimum Gasteiger partial charge on any atom is -0.364 e. The highest BCUT2D eigenvalue weighted by atomic mass is 17.0. The molecule has 1 fully saturated rings. The normalized spacial score (nSPS) is 27.6. The Morgan fingerprint density at radius 1 is 1.21 bits per heavy atom. The van der Waals surface area contributed by atoms with Crippen LogP contribution in [0.3, 0.4) is 0 Å². The lowest BCUT2D eigenvalue weighted by Crippen LogP contribution is -2.42. The van der Waals surface area contributed by atoms with Crippen LogP contribution >= 0.6 is 0 Å². The Labute approximate surface area is 140 Å². The number of rotatable bonds is 12. The second-order valence-corrected chi connectivity index (χ2v) is 6.02. The van der Waals surface area contributed by atoms with Crippen molar-refractivity contribution in [2.75, 3.05) is 0 Å². The molecule has 24 heavy (non-hydrogen) atoms. The molecule has 1 rings (SSSR count). The molecule has 1 saturated heterocycles. The van der Waals surface area contributed by atoms with Gasteiger partial charge in [-0.2, -0.15) is 0 Å². The molecule has 0 bridgehead atoms. The molecule has 140 valence electrons. The van der Waals surface area contributed by atoms with E-state index in [4.69, 9.17) is 9.57 Å². The van der Waals surface area contributed by atoms with Gasteiger partial charge >= 0.3 is 0 Å². The molecule has 0 amide bonds. The lowest BCUT2D eigenvalue weighted by Gasteiger charge is -2.28. The smallest absolute Gasteiger partial charge is 0.294 e. The number of hydrogen-bond donors (Lipinski definition) is 1. The topological polar surface area (TPSA) is 134 Å². The van der Waals surface area contributed by atoms with Gasteiger partial charge in [-0.15, -0.1) is 20.2 Å². The summed E-state index contributed by atoms with van der Waals surface area (Å²) < 4.78 is 5.52. The summed E-state index contributed by atoms with van der Waals surface area (Å²) in [6.45, 7) is 3.84. The van der Waals surface area contributed by atoms with Crippen LogP contribution in [0.25, 0.3) is 0 Å². The van der Waals surface area contributed by atoms with Crippen LogP contribution in [0.5, 0.6) is 0 Å². The van der Waals surface area contributed by atoms with E-state index >= 15 is 0 Å². The van der Waals surface area contributed by atoms with Crippen molar-refractivity contribution in [3.05, 3.63) is 20.2 Å². The second kappa shape index (κ2) is 9.58. The lowest BCUT2D eigenvalue weighted by atomic mass is 9.99. The van der Waals surface area contributed by atoms with E-state index in [9.17, 15) is 25.3 Å². The molecule has 10 nitrogen and oxygen atoms in total. The van der Waals surface area contributed by atoms with Crippen molar-refractivity contribution >= 4 is 0 Å². The van der Waals surface area contributed by atoms with Crippen molar-refractivity contribution in [3.63, 3.8) is 0 Å². The zero-order valence-electron chi connectivity index (χ0n) is 14.1. The molecule has 1 aliphatic rings. The monoisotopic (exact) mass is 350 g/mol. The predicted molar refractivity (Wildman–Crippen MR) is 81.8 cm³/mol. The first-order chi connectivity index (χ1) is 11.3. The Bertz CT molecular complexity index is 422. The number of ether oxygens (including phenoxy) is 1. The van der Waals surface area contributed by atoms with Gasteiger partial charge in [0.1, 0.15) is 6.10 Å². The van der Waals surface area contributed by atoms with E-state index < -0.39 is 34.3 Å². The Morgan fingerprint density at radius 2 is 1.92 bits per heavy atom. The highest BCUT2D eigenvalue weighted by Crippen LogP contribution is 2.37. The van der Waals surface area contributed by atoms with E-state index in [-0.39, 0.29) is 12.8 Å². The molecule has 1 heterocycles. The van der Waals surface area contributed by atoms with Crippen LogP contribution in [0, 0.1) is 20.2 Å².